The van der Waals surface area contributed by atoms with E-state index in [2.05, 4.69) is 164 Å². The van der Waals surface area contributed by atoms with Crippen LogP contribution in [0.1, 0.15) is 91.2 Å². The Morgan fingerprint density at radius 3 is 0.865 bits per heavy atom. The van der Waals surface area contributed by atoms with Gasteiger partial charge < -0.3 is 0 Å². The highest BCUT2D eigenvalue weighted by atomic mass is 14.8. The average Bonchev–Trinajstić information content (AvgIpc) is 3.18. The molecule has 0 atom stereocenters. The van der Waals surface area contributed by atoms with E-state index in [0.717, 1.165) is 34.2 Å². The van der Waals surface area contributed by atoms with E-state index < -0.39 is 0 Å². The van der Waals surface area contributed by atoms with Gasteiger partial charge in [-0.2, -0.15) is 0 Å². The lowest BCUT2D eigenvalue weighted by atomic mass is 9.74. The first-order chi connectivity index (χ1) is 25.7. The van der Waals surface area contributed by atoms with Crippen molar-refractivity contribution in [2.75, 3.05) is 0 Å². The van der Waals surface area contributed by atoms with Gasteiger partial charge >= 0.3 is 0 Å². The maximum atomic E-state index is 5.59. The second-order valence-electron chi connectivity index (χ2n) is 14.7. The van der Waals surface area contributed by atoms with Crippen LogP contribution < -0.4 is 0 Å². The summed E-state index contributed by atoms with van der Waals surface area (Å²) >= 11 is 0. The third-order valence-electron chi connectivity index (χ3n) is 11.8. The normalized spacial score (nSPS) is 19.2. The molecule has 3 heteroatoms. The van der Waals surface area contributed by atoms with Crippen LogP contribution >= 0.6 is 0 Å². The number of benzene rings is 6. The lowest BCUT2D eigenvalue weighted by Gasteiger charge is -2.32. The van der Waals surface area contributed by atoms with Gasteiger partial charge in [0.2, 0.25) is 0 Å². The number of hydrogen-bond donors (Lipinski definition) is 0. The third-order valence-corrected chi connectivity index (χ3v) is 11.8. The van der Waals surface area contributed by atoms with Gasteiger partial charge in [-0.3, -0.25) is 15.0 Å². The van der Waals surface area contributed by atoms with Crippen LogP contribution in [0.2, 0.25) is 0 Å². The molecule has 0 aliphatic carbocycles. The van der Waals surface area contributed by atoms with Gasteiger partial charge in [0.25, 0.3) is 0 Å². The van der Waals surface area contributed by atoms with Gasteiger partial charge in [0, 0.05) is 5.92 Å². The minimum Gasteiger partial charge on any atom is -0.256 e. The lowest BCUT2D eigenvalue weighted by Crippen LogP contribution is -2.19. The molecule has 52 heavy (non-hydrogen) atoms. The van der Waals surface area contributed by atoms with Gasteiger partial charge in [0.1, 0.15) is 0 Å². The van der Waals surface area contributed by atoms with E-state index >= 15 is 0 Å². The molecule has 6 aromatic carbocycles. The van der Waals surface area contributed by atoms with Crippen LogP contribution in [0, 0.1) is 0 Å². The smallest absolute Gasteiger partial charge is 0.0686 e. The van der Waals surface area contributed by atoms with E-state index in [0.29, 0.717) is 0 Å². The van der Waals surface area contributed by atoms with E-state index in [1.807, 2.05) is 0 Å². The molecule has 13 rings (SSSR count). The van der Waals surface area contributed by atoms with Crippen molar-refractivity contribution in [2.45, 2.75) is 23.7 Å². The highest BCUT2D eigenvalue weighted by Crippen LogP contribution is 2.49. The minimum absolute atomic E-state index is 0.0660. The molecule has 9 aromatic rings. The molecule has 242 valence electrons. The summed E-state index contributed by atoms with van der Waals surface area (Å²) in [5.41, 5.74) is 13.5. The van der Waals surface area contributed by atoms with Crippen molar-refractivity contribution in [1.82, 2.24) is 15.0 Å². The summed E-state index contributed by atoms with van der Waals surface area (Å²) in [5, 5.41) is 7.48. The Kier molecular flexibility index (Phi) is 5.73. The first-order valence-electron chi connectivity index (χ1n) is 18.2. The van der Waals surface area contributed by atoms with Crippen LogP contribution in [-0.4, -0.2) is 15.0 Å². The van der Waals surface area contributed by atoms with Crippen LogP contribution in [0.25, 0.3) is 32.3 Å². The minimum atomic E-state index is -0.167. The summed E-state index contributed by atoms with van der Waals surface area (Å²) in [7, 11) is 0. The fraction of sp³-hybridized carbons (Fsp3) is 0.0816. The number of rotatable bonds is 0. The van der Waals surface area contributed by atoms with Crippen molar-refractivity contribution in [3.63, 3.8) is 0 Å². The fourth-order valence-electron chi connectivity index (χ4n) is 9.66. The number of aromatic nitrogens is 3. The van der Waals surface area contributed by atoms with Gasteiger partial charge in [-0.25, -0.2) is 0 Å². The number of pyridine rings is 3. The summed E-state index contributed by atoms with van der Waals surface area (Å²) in [6.07, 6.45) is 0. The molecule has 0 amide bonds. The molecule has 3 nitrogen and oxygen atoms in total. The number of fused-ring (bicyclic) bond motifs is 3. The first-order valence-corrected chi connectivity index (χ1v) is 18.2. The Hall–Kier alpha value is -6.45. The molecule has 3 aromatic heterocycles. The Bertz CT molecular complexity index is 2580. The Morgan fingerprint density at radius 2 is 0.558 bits per heavy atom. The van der Waals surface area contributed by atoms with Crippen molar-refractivity contribution in [3.8, 4) is 0 Å². The molecule has 0 N–H and O–H groups in total. The Labute approximate surface area is 301 Å². The second kappa shape index (κ2) is 10.5. The molecule has 0 saturated heterocycles. The maximum Gasteiger partial charge on any atom is 0.0686 e. The van der Waals surface area contributed by atoms with Gasteiger partial charge in [0.15, 0.2) is 0 Å². The van der Waals surface area contributed by atoms with Gasteiger partial charge in [0.05, 0.1) is 51.9 Å². The average molecular weight is 662 g/mol. The van der Waals surface area contributed by atoms with Gasteiger partial charge in [-0.05, 0) is 102 Å². The topological polar surface area (TPSA) is 38.7 Å². The van der Waals surface area contributed by atoms with E-state index in [9.17, 15) is 0 Å². The zero-order valence-electron chi connectivity index (χ0n) is 28.2. The van der Waals surface area contributed by atoms with Crippen LogP contribution in [-0.2, 0) is 0 Å². The van der Waals surface area contributed by atoms with Crippen LogP contribution in [0.4, 0.5) is 0 Å². The van der Waals surface area contributed by atoms with Crippen LogP contribution in [0.5, 0.6) is 0 Å². The monoisotopic (exact) mass is 661 g/mol. The van der Waals surface area contributed by atoms with Crippen molar-refractivity contribution in [3.05, 3.63) is 231 Å². The van der Waals surface area contributed by atoms with Crippen molar-refractivity contribution < 1.29 is 0 Å². The third kappa shape index (κ3) is 3.99. The van der Waals surface area contributed by atoms with E-state index in [1.165, 1.54) is 65.7 Å². The molecule has 7 heterocycles. The van der Waals surface area contributed by atoms with Gasteiger partial charge in [-0.15, -0.1) is 0 Å². The summed E-state index contributed by atoms with van der Waals surface area (Å²) in [6.45, 7) is 0. The van der Waals surface area contributed by atoms with E-state index in [1.54, 1.807) is 0 Å². The maximum absolute atomic E-state index is 5.59. The zero-order chi connectivity index (χ0) is 33.9. The SMILES string of the molecule is c1cc2nc(c1)C1c3cc(c4ccccc4c3)C3c4cc(cc5ccccc45)C2c2cccc(n2)C(c2cc3c3ccccc3c2)c2cccc1n2. The molecule has 16 bridgehead atoms. The summed E-state index contributed by atoms with van der Waals surface area (Å²) in [4.78, 5) is 16.8. The summed E-state index contributed by atoms with van der Waals surface area (Å²) < 4.78 is 0. The van der Waals surface area contributed by atoms with Crippen molar-refractivity contribution >= 4 is 32.3 Å². The Balaban J connectivity index is 1.40. The molecule has 4 aliphatic rings. The first kappa shape index (κ1) is 28.3. The number of hydrogen-bond acceptors (Lipinski definition) is 3. The number of nitrogens with zero attached hydrogens (tertiary/aromatic N) is 3. The predicted octanol–water partition coefficient (Wildman–Crippen LogP) is 11.0. The second-order valence-corrected chi connectivity index (χ2v) is 14.7. The Morgan fingerprint density at radius 1 is 0.269 bits per heavy atom. The quantitative estimate of drug-likeness (QED) is 0.162. The van der Waals surface area contributed by atoms with Gasteiger partial charge in [-0.1, -0.05) is 127 Å². The molecule has 0 unspecified atom stereocenters. The van der Waals surface area contributed by atoms with Crippen LogP contribution in [0.15, 0.2) is 164 Å². The lowest BCUT2D eigenvalue weighted by molar-refractivity contribution is 0.766. The predicted molar refractivity (Wildman–Crippen MR) is 208 cm³/mol. The molecule has 0 fully saturated rings. The molecular weight excluding hydrogens is 631 g/mol. The summed E-state index contributed by atoms with van der Waals surface area (Å²) in [5.74, 6) is -0.566. The molecule has 0 spiro atoms. The van der Waals surface area contributed by atoms with Crippen molar-refractivity contribution in [1.29, 1.82) is 0 Å². The zero-order valence-corrected chi connectivity index (χ0v) is 28.2. The highest BCUT2D eigenvalue weighted by molar-refractivity contribution is 5.95. The van der Waals surface area contributed by atoms with Crippen molar-refractivity contribution in [2.24, 2.45) is 0 Å². The molecular formula is C49H31N3. The molecule has 0 radical (unpaired) electrons. The largest absolute Gasteiger partial charge is 0.256 e. The summed E-state index contributed by atoms with van der Waals surface area (Å²) in [6, 6.07) is 61.1. The fourth-order valence-corrected chi connectivity index (χ4v) is 9.66. The standard InChI is InChI=1S/C49H31N3/c1-4-13-34-28(10-1)22-31-25-37(34)49-38-26-32(23-29-11-2-5-14-35(29)38)47-42-18-7-16-40(50-42)46(31)41-17-8-19-43(51-41)48(45-21-9-20-44(47)52-45)33-24-30-12-3-6-15-36(30)39(49)27-33/h1-27,46-49H. The highest BCUT2D eigenvalue weighted by Gasteiger charge is 2.34. The van der Waals surface area contributed by atoms with E-state index in [4.69, 9.17) is 15.0 Å². The van der Waals surface area contributed by atoms with E-state index in [-0.39, 0.29) is 23.7 Å². The molecule has 4 aliphatic heterocycles. The van der Waals surface area contributed by atoms with Crippen LogP contribution in [0.3, 0.4) is 0 Å². The molecule has 0 saturated carbocycles.